The fourth-order valence-corrected chi connectivity index (χ4v) is 2.22. The molecule has 0 aromatic carbocycles. The van der Waals surface area contributed by atoms with Crippen molar-refractivity contribution in [2.24, 2.45) is 5.92 Å². The van der Waals surface area contributed by atoms with Gasteiger partial charge in [0.05, 0.1) is 25.1 Å². The van der Waals surface area contributed by atoms with Crippen LogP contribution in [-0.4, -0.2) is 28.2 Å². The smallest absolute Gasteiger partial charge is 0.137 e. The Kier molecular flexibility index (Phi) is 7.05. The van der Waals surface area contributed by atoms with Gasteiger partial charge in [0.25, 0.3) is 0 Å². The van der Waals surface area contributed by atoms with E-state index in [2.05, 4.69) is 18.8 Å². The molecule has 0 fully saturated rings. The molecule has 0 spiro atoms. The second-order valence-corrected chi connectivity index (χ2v) is 5.46. The molecule has 3 nitrogen and oxygen atoms in total. The van der Waals surface area contributed by atoms with Crippen LogP contribution in [-0.2, 0) is 6.61 Å². The molecule has 1 rings (SSSR count). The summed E-state index contributed by atoms with van der Waals surface area (Å²) in [6.45, 7) is 5.17. The SMILES string of the molecule is CC(C)CSCCCOc1ccc(CO)nc1. The van der Waals surface area contributed by atoms with Crippen molar-refractivity contribution in [2.45, 2.75) is 26.9 Å². The highest BCUT2D eigenvalue weighted by atomic mass is 32.2. The number of ether oxygens (including phenoxy) is 1. The lowest BCUT2D eigenvalue weighted by atomic mass is 10.3. The lowest BCUT2D eigenvalue weighted by Crippen LogP contribution is -2.01. The average Bonchev–Trinajstić information content (AvgIpc) is 2.34. The zero-order valence-electron chi connectivity index (χ0n) is 10.6. The lowest BCUT2D eigenvalue weighted by molar-refractivity contribution is 0.275. The summed E-state index contributed by atoms with van der Waals surface area (Å²) in [6, 6.07) is 3.63. The quantitative estimate of drug-likeness (QED) is 0.725. The molecule has 96 valence electrons. The zero-order valence-corrected chi connectivity index (χ0v) is 11.4. The van der Waals surface area contributed by atoms with Crippen LogP contribution in [0.4, 0.5) is 0 Å². The predicted molar refractivity (Wildman–Crippen MR) is 72.4 cm³/mol. The number of pyridine rings is 1. The molecule has 0 aliphatic heterocycles. The summed E-state index contributed by atoms with van der Waals surface area (Å²) in [5.74, 6) is 3.89. The molecule has 1 N–H and O–H groups in total. The highest BCUT2D eigenvalue weighted by Gasteiger charge is 1.97. The van der Waals surface area contributed by atoms with Gasteiger partial charge in [0.1, 0.15) is 5.75 Å². The van der Waals surface area contributed by atoms with Gasteiger partial charge in [-0.25, -0.2) is 0 Å². The van der Waals surface area contributed by atoms with Gasteiger partial charge in [0.2, 0.25) is 0 Å². The molecule has 1 heterocycles. The highest BCUT2D eigenvalue weighted by molar-refractivity contribution is 7.99. The summed E-state index contributed by atoms with van der Waals surface area (Å²) in [7, 11) is 0. The molecule has 0 bridgehead atoms. The maximum atomic E-state index is 8.84. The molecule has 0 atom stereocenters. The van der Waals surface area contributed by atoms with Gasteiger partial charge in [-0.1, -0.05) is 13.8 Å². The van der Waals surface area contributed by atoms with E-state index >= 15 is 0 Å². The van der Waals surface area contributed by atoms with Gasteiger partial charge in [-0.05, 0) is 36.0 Å². The maximum Gasteiger partial charge on any atom is 0.137 e. The molecule has 0 saturated heterocycles. The van der Waals surface area contributed by atoms with Crippen LogP contribution in [0, 0.1) is 5.92 Å². The van der Waals surface area contributed by atoms with E-state index in [1.54, 1.807) is 12.3 Å². The number of aliphatic hydroxyl groups excluding tert-OH is 1. The lowest BCUT2D eigenvalue weighted by Gasteiger charge is -2.07. The Hall–Kier alpha value is -0.740. The third-order valence-electron chi connectivity index (χ3n) is 2.11. The standard InChI is InChI=1S/C13H21NO2S/c1-11(2)10-17-7-3-6-16-13-5-4-12(9-15)14-8-13/h4-5,8,11,15H,3,6-7,9-10H2,1-2H3. The van der Waals surface area contributed by atoms with Crippen LogP contribution in [0.5, 0.6) is 5.75 Å². The molecule has 0 unspecified atom stereocenters. The molecule has 17 heavy (non-hydrogen) atoms. The first kappa shape index (κ1) is 14.3. The van der Waals surface area contributed by atoms with Crippen molar-refractivity contribution in [1.82, 2.24) is 4.98 Å². The topological polar surface area (TPSA) is 42.4 Å². The van der Waals surface area contributed by atoms with E-state index in [0.29, 0.717) is 5.69 Å². The number of aromatic nitrogens is 1. The first-order valence-corrected chi connectivity index (χ1v) is 7.14. The summed E-state index contributed by atoms with van der Waals surface area (Å²) in [5.41, 5.74) is 0.671. The van der Waals surface area contributed by atoms with Gasteiger partial charge in [0, 0.05) is 0 Å². The van der Waals surface area contributed by atoms with Gasteiger partial charge in [-0.3, -0.25) is 4.98 Å². The molecule has 0 amide bonds. The van der Waals surface area contributed by atoms with Crippen LogP contribution in [0.25, 0.3) is 0 Å². The molecule has 4 heteroatoms. The number of nitrogens with zero attached hydrogens (tertiary/aromatic N) is 1. The van der Waals surface area contributed by atoms with E-state index in [1.807, 2.05) is 17.8 Å². The summed E-state index contributed by atoms with van der Waals surface area (Å²) < 4.78 is 5.56. The van der Waals surface area contributed by atoms with Gasteiger partial charge in [0.15, 0.2) is 0 Å². The third kappa shape index (κ3) is 6.54. The minimum Gasteiger partial charge on any atom is -0.492 e. The number of aliphatic hydroxyl groups is 1. The van der Waals surface area contributed by atoms with Gasteiger partial charge >= 0.3 is 0 Å². The fourth-order valence-electron chi connectivity index (χ4n) is 1.26. The van der Waals surface area contributed by atoms with Crippen molar-refractivity contribution in [1.29, 1.82) is 0 Å². The summed E-state index contributed by atoms with van der Waals surface area (Å²) >= 11 is 1.97. The van der Waals surface area contributed by atoms with E-state index in [9.17, 15) is 0 Å². The van der Waals surface area contributed by atoms with Gasteiger partial charge in [-0.15, -0.1) is 0 Å². The summed E-state index contributed by atoms with van der Waals surface area (Å²) in [6.07, 6.45) is 2.71. The molecule has 0 aliphatic rings. The fraction of sp³-hybridized carbons (Fsp3) is 0.615. The minimum atomic E-state index is -0.0217. The zero-order chi connectivity index (χ0) is 12.5. The van der Waals surface area contributed by atoms with Crippen molar-refractivity contribution < 1.29 is 9.84 Å². The molecule has 0 aliphatic carbocycles. The van der Waals surface area contributed by atoms with E-state index in [4.69, 9.17) is 9.84 Å². The Morgan fingerprint density at radius 3 is 2.82 bits per heavy atom. The van der Waals surface area contributed by atoms with Crippen LogP contribution >= 0.6 is 11.8 Å². The third-order valence-corrected chi connectivity index (χ3v) is 3.59. The van der Waals surface area contributed by atoms with Gasteiger partial charge < -0.3 is 9.84 Å². The van der Waals surface area contributed by atoms with Crippen LogP contribution in [0.15, 0.2) is 18.3 Å². The predicted octanol–water partition coefficient (Wildman–Crippen LogP) is 2.73. The molecular weight excluding hydrogens is 234 g/mol. The summed E-state index contributed by atoms with van der Waals surface area (Å²) in [4.78, 5) is 4.06. The van der Waals surface area contributed by atoms with Crippen molar-refractivity contribution in [3.63, 3.8) is 0 Å². The molecule has 1 aromatic heterocycles. The Morgan fingerprint density at radius 2 is 2.24 bits per heavy atom. The van der Waals surface area contributed by atoms with Crippen molar-refractivity contribution in [2.75, 3.05) is 18.1 Å². The number of rotatable bonds is 8. The number of hydrogen-bond acceptors (Lipinski definition) is 4. The second-order valence-electron chi connectivity index (χ2n) is 4.31. The van der Waals surface area contributed by atoms with Gasteiger partial charge in [-0.2, -0.15) is 11.8 Å². The molecule has 0 radical (unpaired) electrons. The van der Waals surface area contributed by atoms with E-state index in [1.165, 1.54) is 5.75 Å². The monoisotopic (exact) mass is 255 g/mol. The molecule has 1 aromatic rings. The normalized spacial score (nSPS) is 10.8. The molecule has 0 saturated carbocycles. The van der Waals surface area contributed by atoms with Crippen LogP contribution in [0.3, 0.4) is 0 Å². The first-order valence-electron chi connectivity index (χ1n) is 5.98. The number of hydrogen-bond donors (Lipinski definition) is 1. The highest BCUT2D eigenvalue weighted by Crippen LogP contribution is 2.11. The maximum absolute atomic E-state index is 8.84. The first-order chi connectivity index (χ1) is 8.22. The average molecular weight is 255 g/mol. The van der Waals surface area contributed by atoms with Crippen molar-refractivity contribution in [3.8, 4) is 5.75 Å². The van der Waals surface area contributed by atoms with Crippen LogP contribution < -0.4 is 4.74 Å². The van der Waals surface area contributed by atoms with E-state index < -0.39 is 0 Å². The molecular formula is C13H21NO2S. The Balaban J connectivity index is 2.09. The van der Waals surface area contributed by atoms with Crippen molar-refractivity contribution in [3.05, 3.63) is 24.0 Å². The van der Waals surface area contributed by atoms with Crippen LogP contribution in [0.2, 0.25) is 0 Å². The van der Waals surface area contributed by atoms with Crippen LogP contribution in [0.1, 0.15) is 26.0 Å². The largest absolute Gasteiger partial charge is 0.492 e. The van der Waals surface area contributed by atoms with E-state index in [-0.39, 0.29) is 6.61 Å². The number of thioether (sulfide) groups is 1. The van der Waals surface area contributed by atoms with Crippen molar-refractivity contribution >= 4 is 11.8 Å². The Labute approximate surface area is 108 Å². The minimum absolute atomic E-state index is 0.0217. The Bertz CT molecular complexity index is 301. The Morgan fingerprint density at radius 1 is 1.41 bits per heavy atom. The second kappa shape index (κ2) is 8.37. The van der Waals surface area contributed by atoms with E-state index in [0.717, 1.165) is 30.4 Å². The summed E-state index contributed by atoms with van der Waals surface area (Å²) in [5, 5.41) is 8.84.